The second-order valence-electron chi connectivity index (χ2n) is 4.36. The molecule has 21 heavy (non-hydrogen) atoms. The molecular formula is C15H13N3O3. The summed E-state index contributed by atoms with van der Waals surface area (Å²) in [6.45, 7) is 0.451. The Morgan fingerprint density at radius 2 is 2.19 bits per heavy atom. The van der Waals surface area contributed by atoms with Gasteiger partial charge in [0.1, 0.15) is 5.69 Å². The van der Waals surface area contributed by atoms with E-state index in [-0.39, 0.29) is 5.76 Å². The van der Waals surface area contributed by atoms with E-state index in [9.17, 15) is 4.79 Å². The third-order valence-electron chi connectivity index (χ3n) is 3.07. The highest BCUT2D eigenvalue weighted by molar-refractivity contribution is 5.87. The number of hydrogen-bond donors (Lipinski definition) is 0. The molecule has 0 N–H and O–H groups in total. The largest absolute Gasteiger partial charge is 0.463 e. The van der Waals surface area contributed by atoms with Crippen LogP contribution in [0, 0.1) is 0 Å². The molecule has 0 saturated heterocycles. The van der Waals surface area contributed by atoms with Crippen LogP contribution in [0.15, 0.2) is 53.5 Å². The van der Waals surface area contributed by atoms with Gasteiger partial charge in [0.25, 0.3) is 0 Å². The Hall–Kier alpha value is -2.89. The molecule has 0 aliphatic heterocycles. The van der Waals surface area contributed by atoms with Crippen LogP contribution in [0.3, 0.4) is 0 Å². The van der Waals surface area contributed by atoms with E-state index in [0.29, 0.717) is 6.54 Å². The van der Waals surface area contributed by atoms with Crippen molar-refractivity contribution in [2.24, 2.45) is 0 Å². The summed E-state index contributed by atoms with van der Waals surface area (Å²) < 4.78 is 11.8. The van der Waals surface area contributed by atoms with Crippen LogP contribution in [0.5, 0.6) is 0 Å². The van der Waals surface area contributed by atoms with Crippen LogP contribution in [0.4, 0.5) is 0 Å². The molecule has 0 atom stereocenters. The van der Waals surface area contributed by atoms with Crippen molar-refractivity contribution in [1.29, 1.82) is 0 Å². The van der Waals surface area contributed by atoms with Gasteiger partial charge >= 0.3 is 5.97 Å². The molecule has 0 amide bonds. The number of imidazole rings is 1. The van der Waals surface area contributed by atoms with Crippen molar-refractivity contribution in [1.82, 2.24) is 14.5 Å². The minimum Gasteiger partial charge on any atom is -0.463 e. The number of methoxy groups -OCH3 is 1. The Kier molecular flexibility index (Phi) is 3.51. The van der Waals surface area contributed by atoms with Gasteiger partial charge in [-0.15, -0.1) is 0 Å². The van der Waals surface area contributed by atoms with Crippen LogP contribution in [-0.4, -0.2) is 27.6 Å². The fourth-order valence-electron chi connectivity index (χ4n) is 2.08. The summed E-state index contributed by atoms with van der Waals surface area (Å²) in [5.41, 5.74) is 1.50. The highest BCUT2D eigenvalue weighted by Crippen LogP contribution is 2.18. The Labute approximate surface area is 121 Å². The highest BCUT2D eigenvalue weighted by atomic mass is 16.5. The van der Waals surface area contributed by atoms with Gasteiger partial charge in [-0.1, -0.05) is 6.07 Å². The summed E-state index contributed by atoms with van der Waals surface area (Å²) in [4.78, 5) is 20.2. The van der Waals surface area contributed by atoms with E-state index in [4.69, 9.17) is 9.15 Å². The van der Waals surface area contributed by atoms with Crippen molar-refractivity contribution in [3.63, 3.8) is 0 Å². The van der Waals surface area contributed by atoms with Gasteiger partial charge < -0.3 is 13.7 Å². The van der Waals surface area contributed by atoms with Gasteiger partial charge in [0.2, 0.25) is 5.76 Å². The van der Waals surface area contributed by atoms with E-state index < -0.39 is 5.97 Å². The normalized spacial score (nSPS) is 10.5. The molecule has 0 aliphatic carbocycles. The lowest BCUT2D eigenvalue weighted by molar-refractivity contribution is 0.0563. The molecule has 3 heterocycles. The smallest absolute Gasteiger partial charge is 0.374 e. The first kappa shape index (κ1) is 13.1. The Balaban J connectivity index is 1.92. The van der Waals surface area contributed by atoms with Crippen molar-refractivity contribution in [3.05, 3.63) is 60.4 Å². The van der Waals surface area contributed by atoms with Crippen molar-refractivity contribution in [2.75, 3.05) is 7.11 Å². The minimum atomic E-state index is -0.491. The maximum absolute atomic E-state index is 11.6. The first-order valence-electron chi connectivity index (χ1n) is 6.37. The molecule has 106 valence electrons. The summed E-state index contributed by atoms with van der Waals surface area (Å²) in [5, 5.41) is 0. The second kappa shape index (κ2) is 5.62. The lowest BCUT2D eigenvalue weighted by atomic mass is 10.2. The van der Waals surface area contributed by atoms with Crippen LogP contribution >= 0.6 is 0 Å². The van der Waals surface area contributed by atoms with E-state index in [1.165, 1.54) is 13.4 Å². The molecule has 0 aliphatic rings. The number of aromatic nitrogens is 3. The number of hydrogen-bond acceptors (Lipinski definition) is 5. The van der Waals surface area contributed by atoms with Crippen LogP contribution in [0.1, 0.15) is 16.1 Å². The predicted octanol–water partition coefficient (Wildman–Crippen LogP) is 2.37. The Morgan fingerprint density at radius 3 is 2.95 bits per heavy atom. The lowest BCUT2D eigenvalue weighted by Gasteiger charge is -2.07. The molecule has 0 fully saturated rings. The SMILES string of the molecule is COC(=O)c1occc1Cn1ccnc1-c1ccccn1. The summed E-state index contributed by atoms with van der Waals surface area (Å²) in [6.07, 6.45) is 6.71. The molecule has 6 heteroatoms. The van der Waals surface area contributed by atoms with E-state index in [1.54, 1.807) is 18.5 Å². The molecule has 3 aromatic rings. The van der Waals surface area contributed by atoms with Crippen molar-refractivity contribution < 1.29 is 13.9 Å². The third kappa shape index (κ3) is 2.55. The number of nitrogens with zero attached hydrogens (tertiary/aromatic N) is 3. The zero-order valence-electron chi connectivity index (χ0n) is 11.4. The van der Waals surface area contributed by atoms with E-state index in [0.717, 1.165) is 17.1 Å². The first-order valence-corrected chi connectivity index (χ1v) is 6.37. The van der Waals surface area contributed by atoms with Gasteiger partial charge in [-0.05, 0) is 18.2 Å². The summed E-state index contributed by atoms with van der Waals surface area (Å²) >= 11 is 0. The minimum absolute atomic E-state index is 0.207. The van der Waals surface area contributed by atoms with Crippen LogP contribution in [-0.2, 0) is 11.3 Å². The molecule has 3 aromatic heterocycles. The molecule has 0 spiro atoms. The highest BCUT2D eigenvalue weighted by Gasteiger charge is 2.17. The average molecular weight is 283 g/mol. The van der Waals surface area contributed by atoms with Crippen LogP contribution in [0.25, 0.3) is 11.5 Å². The van der Waals surface area contributed by atoms with Gasteiger partial charge in [0.05, 0.1) is 19.9 Å². The monoisotopic (exact) mass is 283 g/mol. The van der Waals surface area contributed by atoms with Crippen molar-refractivity contribution in [2.45, 2.75) is 6.54 Å². The second-order valence-corrected chi connectivity index (χ2v) is 4.36. The number of pyridine rings is 1. The predicted molar refractivity (Wildman–Crippen MR) is 74.6 cm³/mol. The van der Waals surface area contributed by atoms with Crippen LogP contribution in [0.2, 0.25) is 0 Å². The number of carbonyl (C=O) groups is 1. The summed E-state index contributed by atoms with van der Waals surface area (Å²) in [5.74, 6) is 0.445. The lowest BCUT2D eigenvalue weighted by Crippen LogP contribution is -2.07. The molecule has 3 rings (SSSR count). The quantitative estimate of drug-likeness (QED) is 0.687. The standard InChI is InChI=1S/C15H13N3O3/c1-20-15(19)13-11(5-9-21-13)10-18-8-7-17-14(18)12-4-2-3-6-16-12/h2-9H,10H2,1H3. The third-order valence-corrected chi connectivity index (χ3v) is 3.07. The zero-order valence-corrected chi connectivity index (χ0v) is 11.4. The zero-order chi connectivity index (χ0) is 14.7. The topological polar surface area (TPSA) is 70.2 Å². The average Bonchev–Trinajstić information content (AvgIpc) is 3.17. The summed E-state index contributed by atoms with van der Waals surface area (Å²) in [7, 11) is 1.32. The molecule has 0 radical (unpaired) electrons. The van der Waals surface area contributed by atoms with Crippen molar-refractivity contribution >= 4 is 5.97 Å². The van der Waals surface area contributed by atoms with Gasteiger partial charge in [-0.3, -0.25) is 4.98 Å². The molecular weight excluding hydrogens is 270 g/mol. The Morgan fingerprint density at radius 1 is 1.29 bits per heavy atom. The van der Waals surface area contributed by atoms with E-state index in [1.807, 2.05) is 29.0 Å². The molecule has 6 nitrogen and oxygen atoms in total. The first-order chi connectivity index (χ1) is 10.3. The van der Waals surface area contributed by atoms with Crippen molar-refractivity contribution in [3.8, 4) is 11.5 Å². The van der Waals surface area contributed by atoms with Gasteiger partial charge in [-0.2, -0.15) is 0 Å². The molecule has 0 saturated carbocycles. The van der Waals surface area contributed by atoms with Gasteiger partial charge in [0, 0.05) is 24.2 Å². The maximum Gasteiger partial charge on any atom is 0.374 e. The Bertz CT molecular complexity index is 746. The number of ether oxygens (including phenoxy) is 1. The molecule has 0 unspecified atom stereocenters. The number of rotatable bonds is 4. The fourth-order valence-corrected chi connectivity index (χ4v) is 2.08. The fraction of sp³-hybridized carbons (Fsp3) is 0.133. The van der Waals surface area contributed by atoms with Crippen LogP contribution < -0.4 is 0 Å². The number of furan rings is 1. The summed E-state index contributed by atoms with van der Waals surface area (Å²) in [6, 6.07) is 7.38. The van der Waals surface area contributed by atoms with Gasteiger partial charge in [0.15, 0.2) is 5.82 Å². The number of esters is 1. The van der Waals surface area contributed by atoms with E-state index >= 15 is 0 Å². The van der Waals surface area contributed by atoms with Gasteiger partial charge in [-0.25, -0.2) is 9.78 Å². The van der Waals surface area contributed by atoms with E-state index in [2.05, 4.69) is 9.97 Å². The maximum atomic E-state index is 11.6. The number of carbonyl (C=O) groups excluding carboxylic acids is 1. The molecule has 0 aromatic carbocycles. The molecule has 0 bridgehead atoms.